The van der Waals surface area contributed by atoms with E-state index in [0.29, 0.717) is 37.3 Å². The van der Waals surface area contributed by atoms with Gasteiger partial charge in [0.15, 0.2) is 0 Å². The van der Waals surface area contributed by atoms with E-state index in [1.165, 1.54) is 12.1 Å². The highest BCUT2D eigenvalue weighted by atomic mass is 19.1. The molecule has 1 saturated heterocycles. The first-order chi connectivity index (χ1) is 15.0. The predicted molar refractivity (Wildman–Crippen MR) is 113 cm³/mol. The van der Waals surface area contributed by atoms with Crippen LogP contribution in [0.25, 0.3) is 0 Å². The minimum absolute atomic E-state index is 0.245. The lowest BCUT2D eigenvalue weighted by Crippen LogP contribution is -2.39. The number of nitrogens with zero attached hydrogens (tertiary/aromatic N) is 1. The van der Waals surface area contributed by atoms with Crippen molar-refractivity contribution in [3.05, 3.63) is 101 Å². The zero-order valence-electron chi connectivity index (χ0n) is 16.9. The lowest BCUT2D eigenvalue weighted by Gasteiger charge is -2.32. The summed E-state index contributed by atoms with van der Waals surface area (Å²) in [5.74, 6) is -1.71. The molecule has 1 fully saturated rings. The van der Waals surface area contributed by atoms with Gasteiger partial charge < -0.3 is 9.84 Å². The van der Waals surface area contributed by atoms with Crippen molar-refractivity contribution in [2.24, 2.45) is 0 Å². The molecule has 0 spiro atoms. The van der Waals surface area contributed by atoms with Crippen molar-refractivity contribution in [3.63, 3.8) is 0 Å². The van der Waals surface area contributed by atoms with Gasteiger partial charge in [0.2, 0.25) is 0 Å². The third-order valence-electron chi connectivity index (χ3n) is 5.59. The number of carboxylic acids is 1. The number of halogens is 2. The van der Waals surface area contributed by atoms with E-state index in [1.807, 2.05) is 42.5 Å². The first-order valence-corrected chi connectivity index (χ1v) is 10.2. The zero-order chi connectivity index (χ0) is 21.8. The smallest absolute Gasteiger partial charge is 0.320 e. The van der Waals surface area contributed by atoms with Crippen molar-refractivity contribution in [2.45, 2.75) is 31.5 Å². The molecule has 2 unspecified atom stereocenters. The second-order valence-corrected chi connectivity index (χ2v) is 7.65. The predicted octanol–water partition coefficient (Wildman–Crippen LogP) is 5.18. The quantitative estimate of drug-likeness (QED) is 0.569. The summed E-state index contributed by atoms with van der Waals surface area (Å²) in [5.41, 5.74) is 1.96. The van der Waals surface area contributed by atoms with Gasteiger partial charge in [0.1, 0.15) is 30.0 Å². The van der Waals surface area contributed by atoms with Crippen molar-refractivity contribution in [1.29, 1.82) is 0 Å². The van der Waals surface area contributed by atoms with Crippen molar-refractivity contribution in [3.8, 4) is 5.75 Å². The third kappa shape index (κ3) is 4.75. The number of carboxylic acid groups (broad SMARTS) is 1. The molecular formula is C25H23F2NO3. The summed E-state index contributed by atoms with van der Waals surface area (Å²) in [6, 6.07) is 19.0. The highest BCUT2D eigenvalue weighted by molar-refractivity contribution is 5.74. The zero-order valence-corrected chi connectivity index (χ0v) is 16.9. The first-order valence-electron chi connectivity index (χ1n) is 10.2. The van der Waals surface area contributed by atoms with Crippen LogP contribution in [0.1, 0.15) is 35.6 Å². The van der Waals surface area contributed by atoms with E-state index >= 15 is 0 Å². The summed E-state index contributed by atoms with van der Waals surface area (Å²) < 4.78 is 34.3. The minimum Gasteiger partial charge on any atom is -0.489 e. The molecule has 160 valence electrons. The lowest BCUT2D eigenvalue weighted by molar-refractivity contribution is -0.142. The number of likely N-dealkylation sites (tertiary alicyclic amines) is 1. The average Bonchev–Trinajstić information content (AvgIpc) is 3.25. The van der Waals surface area contributed by atoms with E-state index < -0.39 is 29.7 Å². The molecule has 1 N–H and O–H groups in total. The standard InChI is InChI=1S/C25H23F2NO3/c26-19-11-12-21(22(27)15-19)24(28-13-5-10-23(28)25(29)30)18-8-4-9-20(14-18)31-16-17-6-2-1-3-7-17/h1-4,6-9,11-12,14-15,23-24H,5,10,13,16H2,(H,29,30). The molecular weight excluding hydrogens is 400 g/mol. The van der Waals surface area contributed by atoms with Gasteiger partial charge in [0, 0.05) is 18.2 Å². The Balaban J connectivity index is 1.69. The van der Waals surface area contributed by atoms with E-state index in [4.69, 9.17) is 4.74 Å². The largest absolute Gasteiger partial charge is 0.489 e. The number of aliphatic carboxylic acids is 1. The van der Waals surface area contributed by atoms with E-state index in [-0.39, 0.29) is 5.56 Å². The van der Waals surface area contributed by atoms with Crippen LogP contribution in [-0.4, -0.2) is 28.6 Å². The molecule has 0 aliphatic carbocycles. The number of carbonyl (C=O) groups is 1. The molecule has 4 rings (SSSR count). The fourth-order valence-electron chi connectivity index (χ4n) is 4.15. The Hall–Kier alpha value is -3.25. The number of ether oxygens (including phenoxy) is 1. The van der Waals surface area contributed by atoms with Crippen LogP contribution in [-0.2, 0) is 11.4 Å². The van der Waals surface area contributed by atoms with Crippen LogP contribution < -0.4 is 4.74 Å². The summed E-state index contributed by atoms with van der Waals surface area (Å²) in [5, 5.41) is 9.68. The molecule has 6 heteroatoms. The van der Waals surface area contributed by atoms with E-state index in [2.05, 4.69) is 0 Å². The maximum atomic E-state index is 14.8. The molecule has 0 amide bonds. The first kappa shape index (κ1) is 21.0. The molecule has 0 saturated carbocycles. The van der Waals surface area contributed by atoms with Gasteiger partial charge in [-0.3, -0.25) is 9.69 Å². The van der Waals surface area contributed by atoms with Gasteiger partial charge in [-0.05, 0) is 42.2 Å². The van der Waals surface area contributed by atoms with Crippen LogP contribution in [0, 0.1) is 11.6 Å². The minimum atomic E-state index is -0.943. The SMILES string of the molecule is O=C(O)C1CCCN1C(c1cccc(OCc2ccccc2)c1)c1ccc(F)cc1F. The average molecular weight is 423 g/mol. The Morgan fingerprint density at radius 3 is 2.61 bits per heavy atom. The van der Waals surface area contributed by atoms with Crippen molar-refractivity contribution in [1.82, 2.24) is 4.90 Å². The summed E-state index contributed by atoms with van der Waals surface area (Å²) in [6.07, 6.45) is 1.18. The maximum Gasteiger partial charge on any atom is 0.320 e. The van der Waals surface area contributed by atoms with Crippen molar-refractivity contribution >= 4 is 5.97 Å². The van der Waals surface area contributed by atoms with Crippen LogP contribution in [0.4, 0.5) is 8.78 Å². The second-order valence-electron chi connectivity index (χ2n) is 7.65. The van der Waals surface area contributed by atoms with E-state index in [0.717, 1.165) is 11.6 Å². The van der Waals surface area contributed by atoms with Gasteiger partial charge >= 0.3 is 5.97 Å². The molecule has 3 aromatic carbocycles. The monoisotopic (exact) mass is 423 g/mol. The van der Waals surface area contributed by atoms with Gasteiger partial charge in [-0.2, -0.15) is 0 Å². The Morgan fingerprint density at radius 1 is 1.06 bits per heavy atom. The van der Waals surface area contributed by atoms with Crippen molar-refractivity contribution < 1.29 is 23.4 Å². The molecule has 31 heavy (non-hydrogen) atoms. The molecule has 4 nitrogen and oxygen atoms in total. The van der Waals surface area contributed by atoms with Gasteiger partial charge in [0.05, 0.1) is 6.04 Å². The molecule has 1 aliphatic rings. The molecule has 3 aromatic rings. The second kappa shape index (κ2) is 9.27. The van der Waals surface area contributed by atoms with Gasteiger partial charge in [0.25, 0.3) is 0 Å². The van der Waals surface area contributed by atoms with E-state index in [9.17, 15) is 18.7 Å². The molecule has 0 radical (unpaired) electrons. The summed E-state index contributed by atoms with van der Waals surface area (Å²) >= 11 is 0. The number of hydrogen-bond acceptors (Lipinski definition) is 3. The molecule has 1 heterocycles. The summed E-state index contributed by atoms with van der Waals surface area (Å²) in [7, 11) is 0. The fourth-order valence-corrected chi connectivity index (χ4v) is 4.15. The highest BCUT2D eigenvalue weighted by Gasteiger charge is 2.38. The molecule has 1 aliphatic heterocycles. The van der Waals surface area contributed by atoms with Crippen LogP contribution in [0.3, 0.4) is 0 Å². The van der Waals surface area contributed by atoms with Gasteiger partial charge in [-0.15, -0.1) is 0 Å². The molecule has 0 bridgehead atoms. The number of benzene rings is 3. The van der Waals surface area contributed by atoms with Crippen LogP contribution in [0.5, 0.6) is 5.75 Å². The Bertz CT molecular complexity index is 1060. The third-order valence-corrected chi connectivity index (χ3v) is 5.59. The number of hydrogen-bond donors (Lipinski definition) is 1. The lowest BCUT2D eigenvalue weighted by atomic mass is 9.95. The van der Waals surface area contributed by atoms with Crippen LogP contribution in [0.2, 0.25) is 0 Å². The van der Waals surface area contributed by atoms with Crippen LogP contribution >= 0.6 is 0 Å². The van der Waals surface area contributed by atoms with Gasteiger partial charge in [-0.1, -0.05) is 48.5 Å². The molecule has 2 atom stereocenters. The van der Waals surface area contributed by atoms with E-state index in [1.54, 1.807) is 17.0 Å². The topological polar surface area (TPSA) is 49.8 Å². The number of rotatable bonds is 7. The highest BCUT2D eigenvalue weighted by Crippen LogP contribution is 2.37. The fraction of sp³-hybridized carbons (Fsp3) is 0.240. The Morgan fingerprint density at radius 2 is 1.87 bits per heavy atom. The summed E-state index contributed by atoms with van der Waals surface area (Å²) in [6.45, 7) is 0.884. The Labute approximate surface area is 179 Å². The van der Waals surface area contributed by atoms with Crippen LogP contribution in [0.15, 0.2) is 72.8 Å². The normalized spacial score (nSPS) is 17.4. The Kier molecular flexibility index (Phi) is 6.28. The summed E-state index contributed by atoms with van der Waals surface area (Å²) in [4.78, 5) is 13.6. The maximum absolute atomic E-state index is 14.8. The van der Waals surface area contributed by atoms with Crippen molar-refractivity contribution in [2.75, 3.05) is 6.54 Å². The molecule has 0 aromatic heterocycles. The van der Waals surface area contributed by atoms with Gasteiger partial charge in [-0.25, -0.2) is 8.78 Å².